The molecule has 0 radical (unpaired) electrons. The number of fused-ring (bicyclic) bond motifs is 1. The van der Waals surface area contributed by atoms with Crippen molar-refractivity contribution < 1.29 is 23.9 Å². The average Bonchev–Trinajstić information content (AvgIpc) is 3.31. The van der Waals surface area contributed by atoms with Crippen LogP contribution in [0.5, 0.6) is 5.75 Å². The smallest absolute Gasteiger partial charge is 0.355 e. The number of aromatic amines is 1. The highest BCUT2D eigenvalue weighted by Gasteiger charge is 2.20. The van der Waals surface area contributed by atoms with Gasteiger partial charge in [-0.05, 0) is 67.1 Å². The van der Waals surface area contributed by atoms with E-state index in [1.165, 1.54) is 12.2 Å². The number of anilines is 2. The Hall–Kier alpha value is -4.47. The molecule has 0 spiro atoms. The second kappa shape index (κ2) is 13.1. The first-order valence-corrected chi connectivity index (χ1v) is 13.0. The molecular weight excluding hydrogens is 555 g/mol. The number of benzene rings is 3. The molecule has 0 bridgehead atoms. The van der Waals surface area contributed by atoms with Crippen molar-refractivity contribution in [1.82, 2.24) is 10.3 Å². The van der Waals surface area contributed by atoms with E-state index < -0.39 is 11.9 Å². The molecule has 206 valence electrons. The number of halogens is 2. The van der Waals surface area contributed by atoms with Gasteiger partial charge in [0.05, 0.1) is 18.7 Å². The van der Waals surface area contributed by atoms with Crippen molar-refractivity contribution in [3.8, 4) is 5.75 Å². The molecule has 3 aromatic carbocycles. The fourth-order valence-electron chi connectivity index (χ4n) is 3.88. The summed E-state index contributed by atoms with van der Waals surface area (Å²) in [4.78, 5) is 40.3. The molecule has 4 rings (SSSR count). The maximum absolute atomic E-state index is 12.7. The molecule has 11 heteroatoms. The normalized spacial score (nSPS) is 10.9. The quantitative estimate of drug-likeness (QED) is 0.131. The van der Waals surface area contributed by atoms with E-state index >= 15 is 0 Å². The Kier molecular flexibility index (Phi) is 9.31. The fourth-order valence-corrected chi connectivity index (χ4v) is 4.48. The van der Waals surface area contributed by atoms with Gasteiger partial charge < -0.3 is 30.4 Å². The van der Waals surface area contributed by atoms with E-state index in [0.717, 1.165) is 5.56 Å². The number of amides is 3. The van der Waals surface area contributed by atoms with Crippen LogP contribution in [0.1, 0.15) is 28.5 Å². The van der Waals surface area contributed by atoms with Gasteiger partial charge in [-0.3, -0.25) is 4.79 Å². The van der Waals surface area contributed by atoms with Crippen LogP contribution in [0.3, 0.4) is 0 Å². The molecule has 0 unspecified atom stereocenters. The van der Waals surface area contributed by atoms with Gasteiger partial charge in [0, 0.05) is 45.5 Å². The fraction of sp³-hybridized carbons (Fsp3) is 0.138. The van der Waals surface area contributed by atoms with Gasteiger partial charge in [0.1, 0.15) is 11.4 Å². The van der Waals surface area contributed by atoms with Gasteiger partial charge in [0.25, 0.3) is 0 Å². The minimum atomic E-state index is -0.576. The van der Waals surface area contributed by atoms with Crippen molar-refractivity contribution in [2.45, 2.75) is 13.5 Å². The maximum Gasteiger partial charge on any atom is 0.355 e. The van der Waals surface area contributed by atoms with E-state index in [2.05, 4.69) is 20.9 Å². The number of hydrogen-bond donors (Lipinski definition) is 4. The molecule has 0 aliphatic carbocycles. The van der Waals surface area contributed by atoms with Gasteiger partial charge in [-0.15, -0.1) is 0 Å². The van der Waals surface area contributed by atoms with E-state index in [1.54, 1.807) is 74.7 Å². The third-order valence-corrected chi connectivity index (χ3v) is 6.27. The predicted octanol–water partition coefficient (Wildman–Crippen LogP) is 6.63. The van der Waals surface area contributed by atoms with Crippen molar-refractivity contribution in [1.29, 1.82) is 0 Å². The summed E-state index contributed by atoms with van der Waals surface area (Å²) in [7, 11) is 1.57. The molecule has 40 heavy (non-hydrogen) atoms. The standard InChI is InChI=1S/C29H26Cl2N4O5/c1-3-40-28(37)27-22(26-23(31)14-18(30)15-24(26)35-27)12-13-25(36)33-19-6-4-17(5-7-19)16-32-29(38)34-20-8-10-21(39-2)11-9-20/h4-15,35H,3,16H2,1-2H3,(H,33,36)(H2,32,34,38)/b13-12+. The zero-order valence-corrected chi connectivity index (χ0v) is 23.2. The first-order chi connectivity index (χ1) is 19.3. The number of H-pyrrole nitrogens is 1. The number of esters is 1. The number of urea groups is 1. The highest BCUT2D eigenvalue weighted by atomic mass is 35.5. The van der Waals surface area contributed by atoms with Gasteiger partial charge in [0.15, 0.2) is 0 Å². The summed E-state index contributed by atoms with van der Waals surface area (Å²) in [5.41, 5.74) is 3.15. The first kappa shape index (κ1) is 28.5. The Morgan fingerprint density at radius 2 is 1.62 bits per heavy atom. The van der Waals surface area contributed by atoms with Crippen LogP contribution < -0.4 is 20.7 Å². The van der Waals surface area contributed by atoms with Crippen LogP contribution in [0.4, 0.5) is 16.2 Å². The van der Waals surface area contributed by atoms with Crippen molar-refractivity contribution in [2.24, 2.45) is 0 Å². The molecule has 9 nitrogen and oxygen atoms in total. The minimum absolute atomic E-state index is 0.165. The van der Waals surface area contributed by atoms with Gasteiger partial charge >= 0.3 is 12.0 Å². The lowest BCUT2D eigenvalue weighted by Gasteiger charge is -2.09. The van der Waals surface area contributed by atoms with E-state index in [-0.39, 0.29) is 24.9 Å². The highest BCUT2D eigenvalue weighted by molar-refractivity contribution is 6.39. The van der Waals surface area contributed by atoms with Crippen LogP contribution in [-0.4, -0.2) is 36.6 Å². The lowest BCUT2D eigenvalue weighted by molar-refractivity contribution is -0.111. The van der Waals surface area contributed by atoms with Crippen LogP contribution >= 0.6 is 23.2 Å². The van der Waals surface area contributed by atoms with Crippen LogP contribution in [0.25, 0.3) is 17.0 Å². The van der Waals surface area contributed by atoms with Crippen molar-refractivity contribution in [2.75, 3.05) is 24.4 Å². The molecule has 0 aliphatic heterocycles. The lowest BCUT2D eigenvalue weighted by atomic mass is 10.1. The van der Waals surface area contributed by atoms with Crippen LogP contribution in [0, 0.1) is 0 Å². The number of nitrogens with one attached hydrogen (secondary N) is 4. The number of aromatic nitrogens is 1. The molecular formula is C29H26Cl2N4O5. The Bertz CT molecular complexity index is 1560. The highest BCUT2D eigenvalue weighted by Crippen LogP contribution is 2.33. The van der Waals surface area contributed by atoms with Crippen molar-refractivity contribution in [3.63, 3.8) is 0 Å². The Morgan fingerprint density at radius 3 is 2.30 bits per heavy atom. The summed E-state index contributed by atoms with van der Waals surface area (Å²) in [6.45, 7) is 2.18. The summed E-state index contributed by atoms with van der Waals surface area (Å²) in [5, 5.41) is 9.57. The molecule has 0 atom stereocenters. The van der Waals surface area contributed by atoms with Crippen LogP contribution in [-0.2, 0) is 16.1 Å². The largest absolute Gasteiger partial charge is 0.497 e. The molecule has 0 aliphatic rings. The molecule has 0 saturated heterocycles. The molecule has 3 amide bonds. The van der Waals surface area contributed by atoms with Gasteiger partial charge in [-0.25, -0.2) is 9.59 Å². The molecule has 1 aromatic heterocycles. The number of methoxy groups -OCH3 is 1. The Balaban J connectivity index is 1.37. The zero-order valence-electron chi connectivity index (χ0n) is 21.6. The topological polar surface area (TPSA) is 122 Å². The van der Waals surface area contributed by atoms with Gasteiger partial charge in [-0.1, -0.05) is 35.3 Å². The van der Waals surface area contributed by atoms with E-state index in [4.69, 9.17) is 32.7 Å². The summed E-state index contributed by atoms with van der Waals surface area (Å²) in [6.07, 6.45) is 2.80. The van der Waals surface area contributed by atoms with Crippen LogP contribution in [0.15, 0.2) is 66.7 Å². The molecule has 0 fully saturated rings. The molecule has 4 N–H and O–H groups in total. The predicted molar refractivity (Wildman–Crippen MR) is 157 cm³/mol. The zero-order chi connectivity index (χ0) is 28.6. The summed E-state index contributed by atoms with van der Waals surface area (Å²) in [6, 6.07) is 16.9. The number of carbonyl (C=O) groups excluding carboxylic acids is 3. The van der Waals surface area contributed by atoms with Gasteiger partial charge in [0.2, 0.25) is 5.91 Å². The third-order valence-electron chi connectivity index (χ3n) is 5.76. The number of hydrogen-bond acceptors (Lipinski definition) is 5. The van der Waals surface area contributed by atoms with Crippen molar-refractivity contribution >= 4 is 69.5 Å². The SMILES string of the molecule is CCOC(=O)c1[nH]c2cc(Cl)cc(Cl)c2c1/C=C/C(=O)Nc1ccc(CNC(=O)Nc2ccc(OC)cc2)cc1. The van der Waals surface area contributed by atoms with E-state index in [0.29, 0.717) is 43.6 Å². The molecule has 4 aromatic rings. The average molecular weight is 581 g/mol. The van der Waals surface area contributed by atoms with Crippen molar-refractivity contribution in [3.05, 3.63) is 93.6 Å². The Labute approximate surface area is 240 Å². The first-order valence-electron chi connectivity index (χ1n) is 12.2. The number of carbonyl (C=O) groups is 3. The second-order valence-corrected chi connectivity index (χ2v) is 9.34. The lowest BCUT2D eigenvalue weighted by Crippen LogP contribution is -2.28. The third kappa shape index (κ3) is 7.13. The summed E-state index contributed by atoms with van der Waals surface area (Å²) in [5.74, 6) is -0.297. The monoisotopic (exact) mass is 580 g/mol. The Morgan fingerprint density at radius 1 is 0.950 bits per heavy atom. The van der Waals surface area contributed by atoms with E-state index in [1.807, 2.05) is 0 Å². The second-order valence-electron chi connectivity index (χ2n) is 8.50. The van der Waals surface area contributed by atoms with Crippen LogP contribution in [0.2, 0.25) is 10.0 Å². The van der Waals surface area contributed by atoms with E-state index in [9.17, 15) is 14.4 Å². The summed E-state index contributed by atoms with van der Waals surface area (Å²) >= 11 is 12.5. The molecule has 1 heterocycles. The maximum atomic E-state index is 12.7. The number of rotatable bonds is 9. The minimum Gasteiger partial charge on any atom is -0.497 e. The van der Waals surface area contributed by atoms with Gasteiger partial charge in [-0.2, -0.15) is 0 Å². The summed E-state index contributed by atoms with van der Waals surface area (Å²) < 4.78 is 10.2. The number of ether oxygens (including phenoxy) is 2. The molecule has 0 saturated carbocycles.